The number of hydrogen-bond acceptors (Lipinski definition) is 4. The minimum Gasteiger partial charge on any atom is -0.483 e. The molecule has 1 aliphatic heterocycles. The van der Waals surface area contributed by atoms with Gasteiger partial charge >= 0.3 is 6.18 Å². The molecule has 1 atom stereocenters. The topological polar surface area (TPSA) is 62.1 Å². The van der Waals surface area contributed by atoms with E-state index in [0.29, 0.717) is 18.6 Å². The second-order valence-electron chi connectivity index (χ2n) is 6.02. The molecule has 0 aromatic heterocycles. The molecule has 0 spiro atoms. The van der Waals surface area contributed by atoms with Crippen molar-refractivity contribution in [3.63, 3.8) is 0 Å². The van der Waals surface area contributed by atoms with Gasteiger partial charge in [0.1, 0.15) is 5.75 Å². The van der Waals surface area contributed by atoms with Crippen molar-refractivity contribution in [2.75, 3.05) is 6.61 Å². The van der Waals surface area contributed by atoms with Crippen LogP contribution >= 0.6 is 0 Å². The maximum absolute atomic E-state index is 13.3. The molecule has 0 bridgehead atoms. The third-order valence-corrected chi connectivity index (χ3v) is 4.00. The molecule has 1 heterocycles. The smallest absolute Gasteiger partial charge is 0.438 e. The summed E-state index contributed by atoms with van der Waals surface area (Å²) in [6, 6.07) is 6.83. The summed E-state index contributed by atoms with van der Waals surface area (Å²) in [5.74, 6) is -0.657. The Bertz CT molecular complexity index is 661. The van der Waals surface area contributed by atoms with Crippen molar-refractivity contribution in [1.29, 1.82) is 0 Å². The molecule has 0 saturated carbocycles. The Labute approximate surface area is 144 Å². The Morgan fingerprint density at radius 2 is 2.08 bits per heavy atom. The number of unbranched alkanes of at least 4 members (excludes halogenated alkanes) is 1. The van der Waals surface area contributed by atoms with Crippen molar-refractivity contribution in [3.05, 3.63) is 29.8 Å². The lowest BCUT2D eigenvalue weighted by Crippen LogP contribution is -2.57. The number of carbonyl (C=O) groups excluding carboxylic acids is 1. The Hall–Kier alpha value is -2.09. The number of hydrogen-bond donors (Lipinski definition) is 1. The zero-order valence-corrected chi connectivity index (χ0v) is 14.1. The van der Waals surface area contributed by atoms with Crippen LogP contribution < -0.4 is 4.74 Å². The highest BCUT2D eigenvalue weighted by Crippen LogP contribution is 2.41. The normalized spacial score (nSPS) is 20.6. The average Bonchev–Trinajstić information content (AvgIpc) is 2.90. The molecule has 0 radical (unpaired) electrons. The van der Waals surface area contributed by atoms with Crippen molar-refractivity contribution >= 4 is 11.6 Å². The molecule has 0 aliphatic carbocycles. The molecule has 0 unspecified atom stereocenters. The summed E-state index contributed by atoms with van der Waals surface area (Å²) in [6.07, 6.45) is -4.03. The SMILES string of the molecule is CCCCC1=NN(C(=O)COc2ccccc2C)[C@@](O)(C(F)(F)F)C1. The van der Waals surface area contributed by atoms with Gasteiger partial charge in [0.2, 0.25) is 0 Å². The highest BCUT2D eigenvalue weighted by atomic mass is 19.4. The van der Waals surface area contributed by atoms with E-state index >= 15 is 0 Å². The first-order valence-corrected chi connectivity index (χ1v) is 8.06. The second-order valence-corrected chi connectivity index (χ2v) is 6.02. The number of benzene rings is 1. The first-order valence-electron chi connectivity index (χ1n) is 8.06. The highest BCUT2D eigenvalue weighted by Gasteiger charge is 2.63. The third kappa shape index (κ3) is 4.12. The molecule has 0 saturated heterocycles. The number of ether oxygens (including phenoxy) is 1. The van der Waals surface area contributed by atoms with Gasteiger partial charge in [0, 0.05) is 12.1 Å². The minimum absolute atomic E-state index is 0.121. The van der Waals surface area contributed by atoms with Gasteiger partial charge in [-0.1, -0.05) is 31.5 Å². The standard InChI is InChI=1S/C17H21F3N2O3/c1-3-4-8-13-10-16(24,17(18,19)20)22(21-13)15(23)11-25-14-9-6-5-7-12(14)2/h5-7,9,24H,3-4,8,10-11H2,1-2H3/t16-/m0/s1. The largest absolute Gasteiger partial charge is 0.483 e. The van der Waals surface area contributed by atoms with E-state index in [-0.39, 0.29) is 10.7 Å². The fourth-order valence-corrected chi connectivity index (χ4v) is 2.54. The summed E-state index contributed by atoms with van der Waals surface area (Å²) < 4.78 is 45.3. The quantitative estimate of drug-likeness (QED) is 0.848. The summed E-state index contributed by atoms with van der Waals surface area (Å²) in [5, 5.41) is 13.9. The van der Waals surface area contributed by atoms with Crippen molar-refractivity contribution in [2.45, 2.75) is 51.4 Å². The zero-order chi connectivity index (χ0) is 18.7. The fraction of sp³-hybridized carbons (Fsp3) is 0.529. The number of alkyl halides is 3. The number of nitrogens with zero attached hydrogens (tertiary/aromatic N) is 2. The van der Waals surface area contributed by atoms with Gasteiger partial charge in [-0.05, 0) is 31.4 Å². The average molecular weight is 358 g/mol. The van der Waals surface area contributed by atoms with E-state index in [4.69, 9.17) is 4.74 Å². The number of halogens is 3. The lowest BCUT2D eigenvalue weighted by molar-refractivity contribution is -0.302. The molecule has 1 aromatic carbocycles. The van der Waals surface area contributed by atoms with E-state index in [2.05, 4.69) is 5.10 Å². The number of para-hydroxylation sites is 1. The molecule has 8 heteroatoms. The van der Waals surface area contributed by atoms with Crippen molar-refractivity contribution in [2.24, 2.45) is 5.10 Å². The van der Waals surface area contributed by atoms with Crippen LogP contribution in [0.2, 0.25) is 0 Å². The van der Waals surface area contributed by atoms with E-state index in [0.717, 1.165) is 12.0 Å². The first kappa shape index (κ1) is 19.2. The number of hydrazone groups is 1. The monoisotopic (exact) mass is 358 g/mol. The van der Waals surface area contributed by atoms with Gasteiger partial charge in [0.15, 0.2) is 6.61 Å². The molecule has 2 rings (SSSR count). The number of rotatable bonds is 6. The van der Waals surface area contributed by atoms with Gasteiger partial charge < -0.3 is 9.84 Å². The van der Waals surface area contributed by atoms with E-state index in [1.807, 2.05) is 6.92 Å². The number of aryl methyl sites for hydroxylation is 1. The maximum Gasteiger partial charge on any atom is 0.438 e. The van der Waals surface area contributed by atoms with Gasteiger partial charge in [0.25, 0.3) is 11.6 Å². The minimum atomic E-state index is -5.01. The summed E-state index contributed by atoms with van der Waals surface area (Å²) in [7, 11) is 0. The summed E-state index contributed by atoms with van der Waals surface area (Å²) in [5.41, 5.74) is -2.41. The summed E-state index contributed by atoms with van der Waals surface area (Å²) >= 11 is 0. The van der Waals surface area contributed by atoms with Crippen LogP contribution in [0.4, 0.5) is 13.2 Å². The fourth-order valence-electron chi connectivity index (χ4n) is 2.54. The third-order valence-electron chi connectivity index (χ3n) is 4.00. The summed E-state index contributed by atoms with van der Waals surface area (Å²) in [6.45, 7) is 3.00. The molecule has 138 valence electrons. The molecular weight excluding hydrogens is 337 g/mol. The Balaban J connectivity index is 2.15. The first-order chi connectivity index (χ1) is 11.7. The van der Waals surface area contributed by atoms with Crippen LogP contribution in [0.5, 0.6) is 5.75 Å². The number of aliphatic hydroxyl groups is 1. The van der Waals surface area contributed by atoms with Crippen LogP contribution in [0, 0.1) is 6.92 Å². The van der Waals surface area contributed by atoms with E-state index in [1.54, 1.807) is 31.2 Å². The van der Waals surface area contributed by atoms with Crippen molar-refractivity contribution in [3.8, 4) is 5.75 Å². The van der Waals surface area contributed by atoms with Gasteiger partial charge in [-0.25, -0.2) is 0 Å². The molecule has 1 amide bonds. The van der Waals surface area contributed by atoms with Crippen LogP contribution in [0.15, 0.2) is 29.4 Å². The molecule has 25 heavy (non-hydrogen) atoms. The van der Waals surface area contributed by atoms with Crippen LogP contribution in [-0.4, -0.2) is 40.2 Å². The van der Waals surface area contributed by atoms with Crippen LogP contribution in [0.3, 0.4) is 0 Å². The van der Waals surface area contributed by atoms with Gasteiger partial charge in [0.05, 0.1) is 0 Å². The van der Waals surface area contributed by atoms with Crippen LogP contribution in [-0.2, 0) is 4.79 Å². The van der Waals surface area contributed by atoms with E-state index < -0.39 is 30.8 Å². The van der Waals surface area contributed by atoms with Crippen LogP contribution in [0.1, 0.15) is 38.2 Å². The lowest BCUT2D eigenvalue weighted by Gasteiger charge is -2.32. The van der Waals surface area contributed by atoms with Crippen molar-refractivity contribution in [1.82, 2.24) is 5.01 Å². The van der Waals surface area contributed by atoms with Gasteiger partial charge in [-0.3, -0.25) is 4.79 Å². The van der Waals surface area contributed by atoms with Crippen LogP contribution in [0.25, 0.3) is 0 Å². The number of amides is 1. The van der Waals surface area contributed by atoms with Gasteiger partial charge in [-0.15, -0.1) is 0 Å². The molecule has 1 aromatic rings. The molecule has 1 aliphatic rings. The van der Waals surface area contributed by atoms with E-state index in [1.165, 1.54) is 0 Å². The Kier molecular flexibility index (Phi) is 5.72. The maximum atomic E-state index is 13.3. The predicted molar refractivity (Wildman–Crippen MR) is 86.1 cm³/mol. The highest BCUT2D eigenvalue weighted by molar-refractivity contribution is 5.91. The number of carbonyl (C=O) groups is 1. The lowest BCUT2D eigenvalue weighted by atomic mass is 10.0. The van der Waals surface area contributed by atoms with E-state index in [9.17, 15) is 23.1 Å². The molecular formula is C17H21F3N2O3. The van der Waals surface area contributed by atoms with Crippen molar-refractivity contribution < 1.29 is 27.8 Å². The Morgan fingerprint density at radius 1 is 1.40 bits per heavy atom. The zero-order valence-electron chi connectivity index (χ0n) is 14.1. The molecule has 5 nitrogen and oxygen atoms in total. The molecule has 0 fully saturated rings. The Morgan fingerprint density at radius 3 is 2.68 bits per heavy atom. The second kappa shape index (κ2) is 7.43. The summed E-state index contributed by atoms with van der Waals surface area (Å²) in [4.78, 5) is 12.2. The van der Waals surface area contributed by atoms with Gasteiger partial charge in [-0.2, -0.15) is 23.3 Å². The molecule has 1 N–H and O–H groups in total. The predicted octanol–water partition coefficient (Wildman–Crippen LogP) is 3.40.